The lowest BCUT2D eigenvalue weighted by molar-refractivity contribution is 0.187. The number of nitrogens with two attached hydrogens (primary N) is 1. The van der Waals surface area contributed by atoms with Crippen molar-refractivity contribution in [1.29, 1.82) is 0 Å². The highest BCUT2D eigenvalue weighted by atomic mass is 15.1. The second kappa shape index (κ2) is 3.35. The van der Waals surface area contributed by atoms with Crippen molar-refractivity contribution in [3.05, 3.63) is 0 Å². The maximum absolute atomic E-state index is 5.94. The van der Waals surface area contributed by atoms with Gasteiger partial charge in [0.25, 0.3) is 0 Å². The van der Waals surface area contributed by atoms with Crippen LogP contribution in [0.5, 0.6) is 0 Å². The van der Waals surface area contributed by atoms with Crippen LogP contribution in [-0.4, -0.2) is 31.1 Å². The average molecular weight is 142 g/mol. The molecule has 1 fully saturated rings. The van der Waals surface area contributed by atoms with Gasteiger partial charge in [-0.2, -0.15) is 0 Å². The Balaban J connectivity index is 2.36. The van der Waals surface area contributed by atoms with E-state index in [9.17, 15) is 0 Å². The predicted octanol–water partition coefficient (Wildman–Crippen LogP) is 0.675. The van der Waals surface area contributed by atoms with Gasteiger partial charge < -0.3 is 10.6 Å². The Labute approximate surface area is 63.4 Å². The third-order valence-corrected chi connectivity index (χ3v) is 2.53. The molecular formula is C8H18N2. The summed E-state index contributed by atoms with van der Waals surface area (Å²) in [5.74, 6) is 0.774. The van der Waals surface area contributed by atoms with Crippen LogP contribution in [0.3, 0.4) is 0 Å². The fraction of sp³-hybridized carbons (Fsp3) is 1.00. The summed E-state index contributed by atoms with van der Waals surface area (Å²) >= 11 is 0. The smallest absolute Gasteiger partial charge is 0.0196 e. The molecule has 0 aromatic carbocycles. The number of hydrogen-bond acceptors (Lipinski definition) is 2. The molecule has 0 saturated carbocycles. The van der Waals surface area contributed by atoms with Crippen molar-refractivity contribution in [3.8, 4) is 0 Å². The van der Waals surface area contributed by atoms with Crippen LogP contribution in [0.15, 0.2) is 0 Å². The Morgan fingerprint density at radius 3 is 2.80 bits per heavy atom. The zero-order valence-electron chi connectivity index (χ0n) is 7.01. The van der Waals surface area contributed by atoms with E-state index < -0.39 is 0 Å². The molecule has 0 aliphatic carbocycles. The molecule has 1 rings (SSSR count). The van der Waals surface area contributed by atoms with E-state index in [0.717, 1.165) is 12.5 Å². The number of likely N-dealkylation sites (tertiary alicyclic amines) is 1. The lowest BCUT2D eigenvalue weighted by Crippen LogP contribution is -2.46. The van der Waals surface area contributed by atoms with E-state index in [2.05, 4.69) is 18.9 Å². The van der Waals surface area contributed by atoms with E-state index >= 15 is 0 Å². The van der Waals surface area contributed by atoms with Crippen molar-refractivity contribution in [2.45, 2.75) is 25.8 Å². The third-order valence-electron chi connectivity index (χ3n) is 2.53. The van der Waals surface area contributed by atoms with Gasteiger partial charge in [0.2, 0.25) is 0 Å². The quantitative estimate of drug-likeness (QED) is 0.583. The summed E-state index contributed by atoms with van der Waals surface area (Å²) in [7, 11) is 2.14. The average Bonchev–Trinajstić information content (AvgIpc) is 1.88. The molecule has 0 spiro atoms. The molecule has 2 heteroatoms. The predicted molar refractivity (Wildman–Crippen MR) is 43.9 cm³/mol. The van der Waals surface area contributed by atoms with Gasteiger partial charge in [-0.05, 0) is 25.9 Å². The van der Waals surface area contributed by atoms with Crippen molar-refractivity contribution in [2.24, 2.45) is 11.7 Å². The van der Waals surface area contributed by atoms with Gasteiger partial charge in [-0.3, -0.25) is 0 Å². The first-order chi connectivity index (χ1) is 4.74. The van der Waals surface area contributed by atoms with Gasteiger partial charge in [0.15, 0.2) is 0 Å². The van der Waals surface area contributed by atoms with E-state index in [1.807, 2.05) is 0 Å². The minimum atomic E-state index is 0.420. The Morgan fingerprint density at radius 1 is 1.60 bits per heavy atom. The van der Waals surface area contributed by atoms with Crippen LogP contribution in [0.4, 0.5) is 0 Å². The number of nitrogens with zero attached hydrogens (tertiary/aromatic N) is 1. The zero-order chi connectivity index (χ0) is 7.56. The maximum Gasteiger partial charge on any atom is 0.0196 e. The van der Waals surface area contributed by atoms with Crippen LogP contribution in [0, 0.1) is 5.92 Å². The Kier molecular flexibility index (Phi) is 2.69. The minimum Gasteiger partial charge on any atom is -0.326 e. The van der Waals surface area contributed by atoms with Crippen LogP contribution < -0.4 is 5.73 Å². The molecule has 10 heavy (non-hydrogen) atoms. The molecule has 0 radical (unpaired) electrons. The van der Waals surface area contributed by atoms with Gasteiger partial charge in [-0.25, -0.2) is 0 Å². The van der Waals surface area contributed by atoms with Crippen molar-refractivity contribution < 1.29 is 0 Å². The largest absolute Gasteiger partial charge is 0.326 e. The van der Waals surface area contributed by atoms with Crippen LogP contribution in [-0.2, 0) is 0 Å². The zero-order valence-corrected chi connectivity index (χ0v) is 7.01. The second-order valence-corrected chi connectivity index (χ2v) is 3.38. The summed E-state index contributed by atoms with van der Waals surface area (Å²) in [6.45, 7) is 4.54. The Bertz CT molecular complexity index is 103. The molecular weight excluding hydrogens is 124 g/mol. The number of piperidine rings is 1. The maximum atomic E-state index is 5.94. The fourth-order valence-corrected chi connectivity index (χ4v) is 1.71. The van der Waals surface area contributed by atoms with Gasteiger partial charge in [-0.15, -0.1) is 0 Å². The third kappa shape index (κ3) is 1.70. The highest BCUT2D eigenvalue weighted by Crippen LogP contribution is 2.17. The van der Waals surface area contributed by atoms with Crippen molar-refractivity contribution in [3.63, 3.8) is 0 Å². The van der Waals surface area contributed by atoms with Gasteiger partial charge in [-0.1, -0.05) is 13.3 Å². The molecule has 60 valence electrons. The monoisotopic (exact) mass is 142 g/mol. The first kappa shape index (κ1) is 8.02. The van der Waals surface area contributed by atoms with Crippen molar-refractivity contribution in [2.75, 3.05) is 20.1 Å². The number of hydrogen-bond donors (Lipinski definition) is 1. The second-order valence-electron chi connectivity index (χ2n) is 3.38. The van der Waals surface area contributed by atoms with E-state index in [1.54, 1.807) is 0 Å². The molecule has 0 aromatic heterocycles. The van der Waals surface area contributed by atoms with Gasteiger partial charge in [0.1, 0.15) is 0 Å². The summed E-state index contributed by atoms with van der Waals surface area (Å²) in [6, 6.07) is 0.420. The lowest BCUT2D eigenvalue weighted by atomic mass is 9.90. The minimum absolute atomic E-state index is 0.420. The van der Waals surface area contributed by atoms with Crippen LogP contribution >= 0.6 is 0 Å². The standard InChI is InChI=1S/C8H18N2/c1-3-7-4-5-10(2)6-8(7)9/h7-8H,3-6,9H2,1-2H3/t7-,8-/m1/s1. The van der Waals surface area contributed by atoms with Crippen LogP contribution in [0.1, 0.15) is 19.8 Å². The van der Waals surface area contributed by atoms with Gasteiger partial charge >= 0.3 is 0 Å². The van der Waals surface area contributed by atoms with Crippen LogP contribution in [0.25, 0.3) is 0 Å². The molecule has 0 bridgehead atoms. The van der Waals surface area contributed by atoms with E-state index in [0.29, 0.717) is 6.04 Å². The SMILES string of the molecule is CC[C@@H]1CCN(C)C[C@H]1N. The summed E-state index contributed by atoms with van der Waals surface area (Å²) in [5.41, 5.74) is 5.94. The highest BCUT2D eigenvalue weighted by molar-refractivity contribution is 4.80. The number of rotatable bonds is 1. The molecule has 2 N–H and O–H groups in total. The lowest BCUT2D eigenvalue weighted by Gasteiger charge is -2.33. The molecule has 1 aliphatic heterocycles. The molecule has 0 amide bonds. The Morgan fingerprint density at radius 2 is 2.30 bits per heavy atom. The normalized spacial score (nSPS) is 36.3. The molecule has 0 aromatic rings. The molecule has 1 aliphatic rings. The van der Waals surface area contributed by atoms with Crippen molar-refractivity contribution in [1.82, 2.24) is 4.90 Å². The van der Waals surface area contributed by atoms with Crippen molar-refractivity contribution >= 4 is 0 Å². The Hall–Kier alpha value is -0.0800. The van der Waals surface area contributed by atoms with E-state index in [-0.39, 0.29) is 0 Å². The summed E-state index contributed by atoms with van der Waals surface area (Å²) in [6.07, 6.45) is 2.53. The molecule has 2 nitrogen and oxygen atoms in total. The van der Waals surface area contributed by atoms with Crippen LogP contribution in [0.2, 0.25) is 0 Å². The molecule has 2 atom stereocenters. The fourth-order valence-electron chi connectivity index (χ4n) is 1.71. The molecule has 0 unspecified atom stereocenters. The number of likely N-dealkylation sites (N-methyl/N-ethyl adjacent to an activating group) is 1. The topological polar surface area (TPSA) is 29.3 Å². The van der Waals surface area contributed by atoms with Gasteiger partial charge in [0, 0.05) is 12.6 Å². The summed E-state index contributed by atoms with van der Waals surface area (Å²) in [5, 5.41) is 0. The summed E-state index contributed by atoms with van der Waals surface area (Å²) < 4.78 is 0. The first-order valence-electron chi connectivity index (χ1n) is 4.18. The molecule has 1 heterocycles. The highest BCUT2D eigenvalue weighted by Gasteiger charge is 2.22. The van der Waals surface area contributed by atoms with E-state index in [4.69, 9.17) is 5.73 Å². The van der Waals surface area contributed by atoms with Gasteiger partial charge in [0.05, 0.1) is 0 Å². The first-order valence-corrected chi connectivity index (χ1v) is 4.18. The molecule has 1 saturated heterocycles. The van der Waals surface area contributed by atoms with E-state index in [1.165, 1.54) is 19.4 Å². The summed E-state index contributed by atoms with van der Waals surface area (Å²) in [4.78, 5) is 2.32.